The molecule has 2 aliphatic rings. The lowest BCUT2D eigenvalue weighted by Crippen LogP contribution is -2.48. The highest BCUT2D eigenvalue weighted by molar-refractivity contribution is 7.89. The van der Waals surface area contributed by atoms with E-state index in [-0.39, 0.29) is 29.4 Å². The van der Waals surface area contributed by atoms with Gasteiger partial charge >= 0.3 is 0 Å². The van der Waals surface area contributed by atoms with Gasteiger partial charge in [-0.3, -0.25) is 4.68 Å². The normalized spacial score (nSPS) is 23.3. The number of piperazine rings is 1. The van der Waals surface area contributed by atoms with Crippen LogP contribution in [0.1, 0.15) is 24.1 Å². The lowest BCUT2D eigenvalue weighted by molar-refractivity contribution is 0.184. The van der Waals surface area contributed by atoms with E-state index in [1.807, 2.05) is 24.3 Å². The van der Waals surface area contributed by atoms with Crippen LogP contribution in [0, 0.1) is 0 Å². The largest absolute Gasteiger partial charge is 0.496 e. The number of rotatable bonds is 5. The van der Waals surface area contributed by atoms with E-state index in [2.05, 4.69) is 10.4 Å². The Kier molecular flexibility index (Phi) is 6.61. The molecule has 154 valence electrons. The van der Waals surface area contributed by atoms with Crippen LogP contribution in [0.2, 0.25) is 0 Å². The number of para-hydroxylation sites is 1. The molecule has 2 unspecified atom stereocenters. The molecule has 3 heterocycles. The third-order valence-corrected chi connectivity index (χ3v) is 7.02. The minimum absolute atomic E-state index is 0. The standard InChI is InChI=1S/C18H24N4O4S.ClH/c1-25-18-5-3-2-4-16(18)17-11-19-7-8-22(17)27(23,24)15-10-20-21(12-15)14-6-9-26-13-14;/h2-5,10,12,14,17,19H,6-9,11,13H2,1H3;1H. The topological polar surface area (TPSA) is 85.7 Å². The fourth-order valence-electron chi connectivity index (χ4n) is 3.70. The molecule has 2 saturated heterocycles. The van der Waals surface area contributed by atoms with Gasteiger partial charge in [0.1, 0.15) is 10.6 Å². The molecule has 2 atom stereocenters. The number of hydrogen-bond acceptors (Lipinski definition) is 6. The minimum Gasteiger partial charge on any atom is -0.496 e. The van der Waals surface area contributed by atoms with Crippen molar-refractivity contribution in [1.82, 2.24) is 19.4 Å². The summed E-state index contributed by atoms with van der Waals surface area (Å²) in [5.74, 6) is 0.685. The summed E-state index contributed by atoms with van der Waals surface area (Å²) in [6.07, 6.45) is 3.91. The van der Waals surface area contributed by atoms with Gasteiger partial charge in [0, 0.05) is 38.0 Å². The Morgan fingerprint density at radius 3 is 2.89 bits per heavy atom. The maximum Gasteiger partial charge on any atom is 0.246 e. The van der Waals surface area contributed by atoms with Crippen molar-refractivity contribution in [2.75, 3.05) is 40.0 Å². The summed E-state index contributed by atoms with van der Waals surface area (Å²) in [6, 6.07) is 7.31. The lowest BCUT2D eigenvalue weighted by atomic mass is 10.0. The van der Waals surface area contributed by atoms with E-state index in [4.69, 9.17) is 9.47 Å². The van der Waals surface area contributed by atoms with Crippen LogP contribution in [-0.4, -0.2) is 62.5 Å². The highest BCUT2D eigenvalue weighted by atomic mass is 35.5. The molecule has 1 aromatic heterocycles. The van der Waals surface area contributed by atoms with E-state index in [1.54, 1.807) is 22.3 Å². The number of methoxy groups -OCH3 is 1. The van der Waals surface area contributed by atoms with Gasteiger partial charge in [-0.1, -0.05) is 18.2 Å². The molecule has 0 amide bonds. The lowest BCUT2D eigenvalue weighted by Gasteiger charge is -2.35. The van der Waals surface area contributed by atoms with Gasteiger partial charge in [0.05, 0.1) is 32.0 Å². The van der Waals surface area contributed by atoms with Gasteiger partial charge < -0.3 is 14.8 Å². The maximum absolute atomic E-state index is 13.4. The first-order valence-electron chi connectivity index (χ1n) is 9.08. The molecule has 1 N–H and O–H groups in total. The molecule has 10 heteroatoms. The third kappa shape index (κ3) is 3.90. The van der Waals surface area contributed by atoms with Crippen LogP contribution in [0.3, 0.4) is 0 Å². The fourth-order valence-corrected chi connectivity index (χ4v) is 5.25. The molecule has 2 aromatic rings. The number of hydrogen-bond donors (Lipinski definition) is 1. The van der Waals surface area contributed by atoms with Crippen LogP contribution in [0.4, 0.5) is 0 Å². The number of halogens is 1. The Morgan fingerprint density at radius 2 is 2.14 bits per heavy atom. The highest BCUT2D eigenvalue weighted by Crippen LogP contribution is 2.34. The predicted molar refractivity (Wildman–Crippen MR) is 106 cm³/mol. The summed E-state index contributed by atoms with van der Waals surface area (Å²) in [5.41, 5.74) is 0.854. The van der Waals surface area contributed by atoms with E-state index in [0.29, 0.717) is 38.6 Å². The SMILES string of the molecule is COc1ccccc1C1CNCCN1S(=O)(=O)c1cnn(C2CCOC2)c1.Cl. The summed E-state index contributed by atoms with van der Waals surface area (Å²) in [4.78, 5) is 0.219. The van der Waals surface area contributed by atoms with Crippen LogP contribution >= 0.6 is 12.4 Å². The Hall–Kier alpha value is -1.65. The van der Waals surface area contributed by atoms with Crippen molar-refractivity contribution in [3.05, 3.63) is 42.2 Å². The van der Waals surface area contributed by atoms with Crippen molar-refractivity contribution in [3.63, 3.8) is 0 Å². The first-order chi connectivity index (χ1) is 13.1. The molecule has 2 aliphatic heterocycles. The first-order valence-corrected chi connectivity index (χ1v) is 10.5. The van der Waals surface area contributed by atoms with Crippen LogP contribution in [0.15, 0.2) is 41.6 Å². The number of nitrogens with one attached hydrogen (secondary N) is 1. The molecule has 2 fully saturated rings. The van der Waals surface area contributed by atoms with Crippen molar-refractivity contribution in [1.29, 1.82) is 0 Å². The zero-order valence-corrected chi connectivity index (χ0v) is 17.3. The zero-order chi connectivity index (χ0) is 18.9. The average molecular weight is 429 g/mol. The Balaban J connectivity index is 0.00000225. The number of sulfonamides is 1. The number of aromatic nitrogens is 2. The van der Waals surface area contributed by atoms with E-state index >= 15 is 0 Å². The second-order valence-electron chi connectivity index (χ2n) is 6.75. The van der Waals surface area contributed by atoms with E-state index in [9.17, 15) is 8.42 Å². The maximum atomic E-state index is 13.4. The molecule has 1 aromatic carbocycles. The predicted octanol–water partition coefficient (Wildman–Crippen LogP) is 1.61. The molecule has 8 nitrogen and oxygen atoms in total. The van der Waals surface area contributed by atoms with Gasteiger partial charge in [-0.25, -0.2) is 8.42 Å². The van der Waals surface area contributed by atoms with Crippen molar-refractivity contribution in [3.8, 4) is 5.75 Å². The van der Waals surface area contributed by atoms with Crippen molar-refractivity contribution in [2.45, 2.75) is 23.4 Å². The Labute approximate surface area is 171 Å². The van der Waals surface area contributed by atoms with Gasteiger partial charge in [-0.05, 0) is 12.5 Å². The fraction of sp³-hybridized carbons (Fsp3) is 0.500. The Bertz CT molecular complexity index is 898. The molecule has 0 aliphatic carbocycles. The van der Waals surface area contributed by atoms with Gasteiger partial charge in [-0.15, -0.1) is 12.4 Å². The second-order valence-corrected chi connectivity index (χ2v) is 8.64. The first kappa shape index (κ1) is 21.1. The summed E-state index contributed by atoms with van der Waals surface area (Å²) in [5, 5.41) is 7.57. The number of nitrogens with zero attached hydrogens (tertiary/aromatic N) is 3. The molecule has 0 bridgehead atoms. The van der Waals surface area contributed by atoms with Crippen molar-refractivity contribution >= 4 is 22.4 Å². The van der Waals surface area contributed by atoms with Crippen LogP contribution in [-0.2, 0) is 14.8 Å². The van der Waals surface area contributed by atoms with E-state index in [0.717, 1.165) is 12.0 Å². The van der Waals surface area contributed by atoms with Gasteiger partial charge in [-0.2, -0.15) is 9.40 Å². The van der Waals surface area contributed by atoms with Crippen LogP contribution in [0.25, 0.3) is 0 Å². The average Bonchev–Trinajstić information content (AvgIpc) is 3.39. The number of ether oxygens (including phenoxy) is 2. The highest BCUT2D eigenvalue weighted by Gasteiger charge is 2.36. The van der Waals surface area contributed by atoms with Gasteiger partial charge in [0.25, 0.3) is 0 Å². The third-order valence-electron chi connectivity index (χ3n) is 5.16. The molecule has 28 heavy (non-hydrogen) atoms. The van der Waals surface area contributed by atoms with Crippen molar-refractivity contribution in [2.24, 2.45) is 0 Å². The molecule has 4 rings (SSSR count). The quantitative estimate of drug-likeness (QED) is 0.778. The summed E-state index contributed by atoms with van der Waals surface area (Å²) >= 11 is 0. The van der Waals surface area contributed by atoms with Gasteiger partial charge in [0.15, 0.2) is 0 Å². The molecule has 0 saturated carbocycles. The molecular formula is C18H25ClN4O4S. The molecular weight excluding hydrogens is 404 g/mol. The summed E-state index contributed by atoms with van der Waals surface area (Å²) < 4.78 is 40.8. The van der Waals surface area contributed by atoms with Crippen molar-refractivity contribution < 1.29 is 17.9 Å². The monoisotopic (exact) mass is 428 g/mol. The zero-order valence-electron chi connectivity index (χ0n) is 15.7. The second kappa shape index (κ2) is 8.79. The van der Waals surface area contributed by atoms with E-state index in [1.165, 1.54) is 6.20 Å². The van der Waals surface area contributed by atoms with Crippen LogP contribution < -0.4 is 10.1 Å². The molecule has 0 radical (unpaired) electrons. The van der Waals surface area contributed by atoms with E-state index < -0.39 is 10.0 Å². The number of benzene rings is 1. The Morgan fingerprint density at radius 1 is 1.32 bits per heavy atom. The molecule has 0 spiro atoms. The summed E-state index contributed by atoms with van der Waals surface area (Å²) in [6.45, 7) is 2.78. The van der Waals surface area contributed by atoms with Crippen LogP contribution in [0.5, 0.6) is 5.75 Å². The minimum atomic E-state index is -3.68. The smallest absolute Gasteiger partial charge is 0.246 e. The van der Waals surface area contributed by atoms with Gasteiger partial charge in [0.2, 0.25) is 10.0 Å². The summed E-state index contributed by atoms with van der Waals surface area (Å²) in [7, 11) is -2.08.